The lowest BCUT2D eigenvalue weighted by Gasteiger charge is -2.10. The summed E-state index contributed by atoms with van der Waals surface area (Å²) in [6, 6.07) is 0. The molecule has 2 N–H and O–H groups in total. The second kappa shape index (κ2) is 7.13. The molecule has 0 saturated carbocycles. The van der Waals surface area contributed by atoms with Crippen LogP contribution in [0.25, 0.3) is 0 Å². The summed E-state index contributed by atoms with van der Waals surface area (Å²) in [5.41, 5.74) is -0.0990. The maximum Gasteiger partial charge on any atom is 0.328 e. The Hall–Kier alpha value is -1.40. The molecule has 0 radical (unpaired) electrons. The molecule has 0 aliphatic heterocycles. The Balaban J connectivity index is 2.34. The molecule has 18 heavy (non-hydrogen) atoms. The number of aromatic nitrogens is 2. The quantitative estimate of drug-likeness (QED) is 0.637. The van der Waals surface area contributed by atoms with Gasteiger partial charge in [-0.15, -0.1) is 0 Å². The first-order valence-electron chi connectivity index (χ1n) is 6.16. The third-order valence-electron chi connectivity index (χ3n) is 2.68. The maximum atomic E-state index is 11.5. The Bertz CT molecular complexity index is 476. The first-order valence-corrected chi connectivity index (χ1v) is 6.16. The van der Waals surface area contributed by atoms with Crippen molar-refractivity contribution in [3.63, 3.8) is 0 Å². The highest BCUT2D eigenvalue weighted by atomic mass is 16.2. The molecule has 0 aliphatic carbocycles. The minimum absolute atomic E-state index is 0.310. The zero-order valence-electron chi connectivity index (χ0n) is 11.3. The van der Waals surface area contributed by atoms with E-state index >= 15 is 0 Å². The largest absolute Gasteiger partial charge is 0.328 e. The molecule has 1 aromatic rings. The van der Waals surface area contributed by atoms with E-state index in [2.05, 4.69) is 15.2 Å². The lowest BCUT2D eigenvalue weighted by molar-refractivity contribution is 0.393. The topological polar surface area (TPSA) is 70.1 Å². The molecule has 102 valence electrons. The lowest BCUT2D eigenvalue weighted by Crippen LogP contribution is -2.34. The molecule has 1 rings (SSSR count). The summed E-state index contributed by atoms with van der Waals surface area (Å²) in [7, 11) is 4.09. The zero-order chi connectivity index (χ0) is 13.5. The third kappa shape index (κ3) is 4.85. The first kappa shape index (κ1) is 14.7. The van der Waals surface area contributed by atoms with E-state index in [9.17, 15) is 9.59 Å². The van der Waals surface area contributed by atoms with Crippen LogP contribution in [0.15, 0.2) is 15.8 Å². The number of nitrogens with zero attached hydrogens (tertiary/aromatic N) is 2. The minimum Gasteiger partial charge on any atom is -0.315 e. The second-order valence-electron chi connectivity index (χ2n) is 4.67. The van der Waals surface area contributed by atoms with Gasteiger partial charge in [0.25, 0.3) is 5.56 Å². The molecule has 6 heteroatoms. The van der Waals surface area contributed by atoms with Crippen molar-refractivity contribution >= 4 is 0 Å². The van der Waals surface area contributed by atoms with Crippen LogP contribution in [-0.2, 0) is 6.54 Å². The van der Waals surface area contributed by atoms with E-state index in [1.54, 1.807) is 13.1 Å². The van der Waals surface area contributed by atoms with E-state index < -0.39 is 0 Å². The predicted octanol–water partition coefficient (Wildman–Crippen LogP) is -0.614. The fourth-order valence-electron chi connectivity index (χ4n) is 1.63. The summed E-state index contributed by atoms with van der Waals surface area (Å²) in [5, 5.41) is 3.27. The van der Waals surface area contributed by atoms with Gasteiger partial charge in [-0.05, 0) is 40.5 Å². The van der Waals surface area contributed by atoms with Gasteiger partial charge in [-0.3, -0.25) is 14.3 Å². The second-order valence-corrected chi connectivity index (χ2v) is 4.67. The van der Waals surface area contributed by atoms with Crippen molar-refractivity contribution in [1.29, 1.82) is 0 Å². The fraction of sp³-hybridized carbons (Fsp3) is 0.667. The van der Waals surface area contributed by atoms with Crippen molar-refractivity contribution in [3.05, 3.63) is 32.6 Å². The number of hydrogen-bond acceptors (Lipinski definition) is 4. The Morgan fingerprint density at radius 1 is 1.33 bits per heavy atom. The smallest absolute Gasteiger partial charge is 0.315 e. The summed E-state index contributed by atoms with van der Waals surface area (Å²) in [6.45, 7) is 4.95. The van der Waals surface area contributed by atoms with Crippen molar-refractivity contribution < 1.29 is 0 Å². The van der Waals surface area contributed by atoms with E-state index in [1.807, 2.05) is 14.1 Å². The molecular formula is C12H22N4O2. The molecule has 0 unspecified atom stereocenters. The number of aryl methyl sites for hydroxylation is 1. The number of aromatic amines is 1. The van der Waals surface area contributed by atoms with Crippen molar-refractivity contribution in [2.24, 2.45) is 0 Å². The Morgan fingerprint density at radius 3 is 2.72 bits per heavy atom. The number of H-pyrrole nitrogens is 1. The fourth-order valence-corrected chi connectivity index (χ4v) is 1.63. The van der Waals surface area contributed by atoms with E-state index in [0.717, 1.165) is 26.1 Å². The van der Waals surface area contributed by atoms with Gasteiger partial charge in [0.2, 0.25) is 0 Å². The standard InChI is InChI=1S/C12H22N4O2/c1-10-9-16(12(18)14-11(10)17)8-6-13-5-4-7-15(2)3/h9,13H,4-8H2,1-3H3,(H,14,17,18). The van der Waals surface area contributed by atoms with E-state index in [-0.39, 0.29) is 11.2 Å². The van der Waals surface area contributed by atoms with Gasteiger partial charge < -0.3 is 10.2 Å². The van der Waals surface area contributed by atoms with Crippen LogP contribution >= 0.6 is 0 Å². The molecule has 0 saturated heterocycles. The van der Waals surface area contributed by atoms with Gasteiger partial charge >= 0.3 is 5.69 Å². The van der Waals surface area contributed by atoms with E-state index in [1.165, 1.54) is 4.57 Å². The van der Waals surface area contributed by atoms with Crippen LogP contribution in [0.3, 0.4) is 0 Å². The normalized spacial score (nSPS) is 11.1. The molecular weight excluding hydrogens is 232 g/mol. The zero-order valence-corrected chi connectivity index (χ0v) is 11.3. The molecule has 0 amide bonds. The molecule has 1 aromatic heterocycles. The van der Waals surface area contributed by atoms with Crippen molar-refractivity contribution in [2.75, 3.05) is 33.7 Å². The van der Waals surface area contributed by atoms with Gasteiger partial charge in [-0.2, -0.15) is 0 Å². The molecule has 6 nitrogen and oxygen atoms in total. The monoisotopic (exact) mass is 254 g/mol. The average Bonchev–Trinajstić information content (AvgIpc) is 2.29. The summed E-state index contributed by atoms with van der Waals surface area (Å²) in [4.78, 5) is 27.1. The summed E-state index contributed by atoms with van der Waals surface area (Å²) >= 11 is 0. The SMILES string of the molecule is Cc1cn(CCNCCCN(C)C)c(=O)[nH]c1=O. The molecule has 0 spiro atoms. The average molecular weight is 254 g/mol. The Kier molecular flexibility index (Phi) is 5.80. The predicted molar refractivity (Wildman–Crippen MR) is 72.1 cm³/mol. The van der Waals surface area contributed by atoms with Gasteiger partial charge in [0, 0.05) is 24.8 Å². The summed E-state index contributed by atoms with van der Waals surface area (Å²) in [6.07, 6.45) is 2.68. The van der Waals surface area contributed by atoms with Gasteiger partial charge in [-0.25, -0.2) is 4.79 Å². The van der Waals surface area contributed by atoms with E-state index in [0.29, 0.717) is 12.1 Å². The van der Waals surface area contributed by atoms with Crippen LogP contribution in [0.2, 0.25) is 0 Å². The highest BCUT2D eigenvalue weighted by Gasteiger charge is 2.00. The first-order chi connectivity index (χ1) is 8.50. The van der Waals surface area contributed by atoms with Gasteiger partial charge in [0.1, 0.15) is 0 Å². The van der Waals surface area contributed by atoms with E-state index in [4.69, 9.17) is 0 Å². The van der Waals surface area contributed by atoms with Gasteiger partial charge in [-0.1, -0.05) is 0 Å². The van der Waals surface area contributed by atoms with Crippen LogP contribution in [0.1, 0.15) is 12.0 Å². The van der Waals surface area contributed by atoms with Crippen LogP contribution in [0, 0.1) is 6.92 Å². The number of nitrogens with one attached hydrogen (secondary N) is 2. The maximum absolute atomic E-state index is 11.5. The van der Waals surface area contributed by atoms with Gasteiger partial charge in [0.05, 0.1) is 0 Å². The summed E-state index contributed by atoms with van der Waals surface area (Å²) < 4.78 is 1.52. The molecule has 0 bridgehead atoms. The highest BCUT2D eigenvalue weighted by Crippen LogP contribution is 1.84. The lowest BCUT2D eigenvalue weighted by atomic mass is 10.4. The van der Waals surface area contributed by atoms with Crippen LogP contribution in [0.4, 0.5) is 0 Å². The van der Waals surface area contributed by atoms with Crippen LogP contribution < -0.4 is 16.6 Å². The third-order valence-corrected chi connectivity index (χ3v) is 2.68. The minimum atomic E-state index is -0.347. The molecule has 0 aliphatic rings. The molecule has 0 atom stereocenters. The molecule has 1 heterocycles. The van der Waals surface area contributed by atoms with Crippen molar-refractivity contribution in [2.45, 2.75) is 19.9 Å². The number of hydrogen-bond donors (Lipinski definition) is 2. The van der Waals surface area contributed by atoms with Crippen LogP contribution in [-0.4, -0.2) is 48.2 Å². The molecule has 0 fully saturated rings. The van der Waals surface area contributed by atoms with Gasteiger partial charge in [0.15, 0.2) is 0 Å². The Labute approximate surface area is 107 Å². The van der Waals surface area contributed by atoms with Crippen LogP contribution in [0.5, 0.6) is 0 Å². The number of rotatable bonds is 7. The highest BCUT2D eigenvalue weighted by molar-refractivity contribution is 5.00. The molecule has 0 aromatic carbocycles. The van der Waals surface area contributed by atoms with Crippen molar-refractivity contribution in [3.8, 4) is 0 Å². The Morgan fingerprint density at radius 2 is 2.06 bits per heavy atom. The van der Waals surface area contributed by atoms with Crippen molar-refractivity contribution in [1.82, 2.24) is 19.8 Å². The summed E-state index contributed by atoms with van der Waals surface area (Å²) in [5.74, 6) is 0.